The Hall–Kier alpha value is -1.54. The minimum Gasteiger partial charge on any atom is -0.394 e. The maximum absolute atomic E-state index is 11.6. The number of hydrogen-bond donors (Lipinski definition) is 11. The maximum atomic E-state index is 11.6. The van der Waals surface area contributed by atoms with Gasteiger partial charge < -0.3 is 70.8 Å². The zero-order chi connectivity index (χ0) is 35.4. The number of carbonyl (C=O) groups excluding carboxylic acids is 2. The summed E-state index contributed by atoms with van der Waals surface area (Å²) < 4.78 is 16.5. The highest BCUT2D eigenvalue weighted by atomic mass is 16.6. The normalized spacial score (nSPS) is 32.0. The summed E-state index contributed by atoms with van der Waals surface area (Å²) in [5.41, 5.74) is 0. The van der Waals surface area contributed by atoms with E-state index in [-0.39, 0.29) is 5.92 Å². The Bertz CT molecular complexity index is 779. The van der Waals surface area contributed by atoms with Crippen molar-refractivity contribution in [3.8, 4) is 0 Å². The van der Waals surface area contributed by atoms with Crippen molar-refractivity contribution in [3.63, 3.8) is 0 Å². The first-order valence-electron chi connectivity index (χ1n) is 15.6. The van der Waals surface area contributed by atoms with E-state index in [9.17, 15) is 40.2 Å². The smallest absolute Gasteiger partial charge is 0.247 e. The number of ether oxygens (including phenoxy) is 3. The van der Waals surface area contributed by atoms with E-state index in [1.807, 2.05) is 34.6 Å². The van der Waals surface area contributed by atoms with Crippen LogP contribution in [0, 0.1) is 5.92 Å². The summed E-state index contributed by atoms with van der Waals surface area (Å²) in [5, 5.41) is 89.3. The molecule has 270 valence electrons. The molecule has 2 aliphatic rings. The molecule has 0 aromatic heterocycles. The summed E-state index contributed by atoms with van der Waals surface area (Å²) in [5.74, 6) is -1.23. The number of amides is 2. The summed E-state index contributed by atoms with van der Waals surface area (Å²) in [6, 6.07) is -0.808. The van der Waals surface area contributed by atoms with E-state index < -0.39 is 112 Å². The predicted octanol–water partition coefficient (Wildman–Crippen LogP) is -2.88. The fourth-order valence-corrected chi connectivity index (χ4v) is 4.61. The average Bonchev–Trinajstić information content (AvgIpc) is 3.03. The van der Waals surface area contributed by atoms with Crippen LogP contribution in [0.3, 0.4) is 0 Å². The maximum Gasteiger partial charge on any atom is 0.247 e. The fraction of sp³-hybridized carbons (Fsp3) is 0.931. The third kappa shape index (κ3) is 15.7. The Morgan fingerprint density at radius 1 is 0.867 bits per heavy atom. The molecule has 1 aliphatic heterocycles. The van der Waals surface area contributed by atoms with Gasteiger partial charge in [-0.2, -0.15) is 0 Å². The molecule has 2 rings (SSSR count). The van der Waals surface area contributed by atoms with E-state index in [2.05, 4.69) is 10.6 Å². The van der Waals surface area contributed by atoms with Crippen molar-refractivity contribution in [2.24, 2.45) is 5.92 Å². The van der Waals surface area contributed by atoms with Crippen molar-refractivity contribution in [2.75, 3.05) is 26.4 Å². The molecule has 2 amide bonds. The first kappa shape index (κ1) is 45.6. The molecule has 1 aliphatic carbocycles. The molecule has 11 N–H and O–H groups in total. The summed E-state index contributed by atoms with van der Waals surface area (Å²) in [6.07, 6.45) is -9.42. The van der Waals surface area contributed by atoms with Gasteiger partial charge in [-0.05, 0) is 39.5 Å². The molecule has 16 heteroatoms. The van der Waals surface area contributed by atoms with E-state index in [0.29, 0.717) is 12.8 Å². The van der Waals surface area contributed by atoms with Crippen LogP contribution < -0.4 is 10.6 Å². The van der Waals surface area contributed by atoms with Crippen LogP contribution in [0.5, 0.6) is 0 Å². The van der Waals surface area contributed by atoms with Crippen LogP contribution in [0.25, 0.3) is 0 Å². The highest BCUT2D eigenvalue weighted by Gasteiger charge is 2.43. The van der Waals surface area contributed by atoms with Crippen molar-refractivity contribution < 1.29 is 69.8 Å². The van der Waals surface area contributed by atoms with E-state index in [1.54, 1.807) is 13.8 Å². The molecule has 1 saturated carbocycles. The van der Waals surface area contributed by atoms with Crippen LogP contribution in [-0.4, -0.2) is 158 Å². The lowest BCUT2D eigenvalue weighted by atomic mass is 9.84. The van der Waals surface area contributed by atoms with Gasteiger partial charge >= 0.3 is 0 Å². The molecule has 45 heavy (non-hydrogen) atoms. The minimum atomic E-state index is -1.27. The number of aliphatic hydroxyl groups excluding tert-OH is 9. The first-order chi connectivity index (χ1) is 21.2. The van der Waals surface area contributed by atoms with Gasteiger partial charge in [0.1, 0.15) is 49.8 Å². The van der Waals surface area contributed by atoms with Crippen LogP contribution in [-0.2, 0) is 23.8 Å². The second-order valence-electron chi connectivity index (χ2n) is 10.6. The average molecular weight is 661 g/mol. The van der Waals surface area contributed by atoms with Crippen molar-refractivity contribution in [1.29, 1.82) is 0 Å². The van der Waals surface area contributed by atoms with Crippen molar-refractivity contribution in [1.82, 2.24) is 10.6 Å². The van der Waals surface area contributed by atoms with Crippen LogP contribution in [0.15, 0.2) is 0 Å². The van der Waals surface area contributed by atoms with Gasteiger partial charge in [0.15, 0.2) is 6.23 Å². The zero-order valence-corrected chi connectivity index (χ0v) is 27.8. The highest BCUT2D eigenvalue weighted by molar-refractivity contribution is 5.77. The molecular weight excluding hydrogens is 600 g/mol. The van der Waals surface area contributed by atoms with Gasteiger partial charge in [-0.15, -0.1) is 0 Å². The van der Waals surface area contributed by atoms with Crippen LogP contribution in [0.4, 0.5) is 0 Å². The van der Waals surface area contributed by atoms with Gasteiger partial charge in [0, 0.05) is 0 Å². The van der Waals surface area contributed by atoms with E-state index >= 15 is 0 Å². The number of aliphatic hydroxyl groups is 9. The standard InChI is InChI=1S/C16H31NO8.C9H17NO6.2C2H6/c1-8-4-11(21)15(23)12(5-8)25-16(17-14(22)7-19)10(3)24-13(6-18)9(2)20;1-4-7(10-6(13)3-12)9(15)8(14)5(2-11)16-4;2*1-2/h8-13,15-16,18-21,23H,4-7H2,1-3H3,(H,17,22);4-5,7-9,11-12,14-15H,2-3H2,1H3,(H,10,13);2*1-2H3. The van der Waals surface area contributed by atoms with Crippen LogP contribution in [0.2, 0.25) is 0 Å². The Kier molecular flexibility index (Phi) is 24.9. The first-order valence-corrected chi connectivity index (χ1v) is 15.6. The van der Waals surface area contributed by atoms with Crippen LogP contribution >= 0.6 is 0 Å². The van der Waals surface area contributed by atoms with Gasteiger partial charge in [-0.3, -0.25) is 9.59 Å². The third-order valence-electron chi connectivity index (χ3n) is 7.00. The van der Waals surface area contributed by atoms with E-state index in [4.69, 9.17) is 29.5 Å². The monoisotopic (exact) mass is 660 g/mol. The molecule has 13 atom stereocenters. The lowest BCUT2D eigenvalue weighted by Crippen LogP contribution is -2.63. The largest absolute Gasteiger partial charge is 0.394 e. The Balaban J connectivity index is 0. The summed E-state index contributed by atoms with van der Waals surface area (Å²) in [6.45, 7) is 12.3. The van der Waals surface area contributed by atoms with Crippen molar-refractivity contribution in [3.05, 3.63) is 0 Å². The molecule has 0 bridgehead atoms. The fourth-order valence-electron chi connectivity index (χ4n) is 4.61. The van der Waals surface area contributed by atoms with Gasteiger partial charge in [0.25, 0.3) is 0 Å². The molecule has 0 aromatic carbocycles. The molecule has 1 saturated heterocycles. The number of rotatable bonds is 12. The molecule has 0 radical (unpaired) electrons. The lowest BCUT2D eigenvalue weighted by Gasteiger charge is -2.41. The van der Waals surface area contributed by atoms with Crippen molar-refractivity contribution >= 4 is 11.8 Å². The van der Waals surface area contributed by atoms with Crippen molar-refractivity contribution in [2.45, 2.75) is 142 Å². The van der Waals surface area contributed by atoms with E-state index in [1.165, 1.54) is 6.92 Å². The summed E-state index contributed by atoms with van der Waals surface area (Å²) in [7, 11) is 0. The Morgan fingerprint density at radius 3 is 1.89 bits per heavy atom. The quantitative estimate of drug-likeness (QED) is 0.0940. The molecule has 1 heterocycles. The minimum absolute atomic E-state index is 0.122. The van der Waals surface area contributed by atoms with Gasteiger partial charge in [-0.25, -0.2) is 0 Å². The van der Waals surface area contributed by atoms with E-state index in [0.717, 1.165) is 0 Å². The Morgan fingerprint density at radius 2 is 1.42 bits per heavy atom. The SMILES string of the molecule is CC.CC.CC1CC(O)C(O)C(OC(NC(=O)CO)C(C)OC(CO)C(C)O)C1.CC1OC(CO)C(O)C(O)C1NC(=O)CO. The second kappa shape index (κ2) is 24.6. The topological polar surface area (TPSA) is 268 Å². The third-order valence-corrected chi connectivity index (χ3v) is 7.00. The number of hydrogen-bond acceptors (Lipinski definition) is 14. The molecule has 2 fully saturated rings. The zero-order valence-electron chi connectivity index (χ0n) is 27.8. The molecule has 16 nitrogen and oxygen atoms in total. The second-order valence-corrected chi connectivity index (χ2v) is 10.6. The van der Waals surface area contributed by atoms with Gasteiger partial charge in [0.05, 0.1) is 43.7 Å². The molecule has 0 spiro atoms. The summed E-state index contributed by atoms with van der Waals surface area (Å²) >= 11 is 0. The molecule has 13 unspecified atom stereocenters. The van der Waals surface area contributed by atoms with Gasteiger partial charge in [0.2, 0.25) is 11.8 Å². The molecular formula is C29H60N2O14. The predicted molar refractivity (Wildman–Crippen MR) is 163 cm³/mol. The Labute approximate surface area is 266 Å². The number of carbonyl (C=O) groups is 2. The van der Waals surface area contributed by atoms with Crippen LogP contribution in [0.1, 0.15) is 68.2 Å². The summed E-state index contributed by atoms with van der Waals surface area (Å²) in [4.78, 5) is 22.5. The van der Waals surface area contributed by atoms with Gasteiger partial charge in [-0.1, -0.05) is 34.6 Å². The molecule has 0 aromatic rings. The lowest BCUT2D eigenvalue weighted by molar-refractivity contribution is -0.195. The number of nitrogens with one attached hydrogen (secondary N) is 2. The highest BCUT2D eigenvalue weighted by Crippen LogP contribution is 2.28.